The summed E-state index contributed by atoms with van der Waals surface area (Å²) in [4.78, 5) is 24.0. The van der Waals surface area contributed by atoms with Crippen LogP contribution in [-0.4, -0.2) is 47.0 Å². The molecule has 3 rings (SSSR count). The van der Waals surface area contributed by atoms with Crippen molar-refractivity contribution in [3.05, 3.63) is 46.1 Å². The molecule has 1 aliphatic rings. The van der Waals surface area contributed by atoms with Gasteiger partial charge in [0, 0.05) is 43.8 Å². The summed E-state index contributed by atoms with van der Waals surface area (Å²) in [6.45, 7) is 3.92. The number of anilines is 1. The average Bonchev–Trinajstić information content (AvgIpc) is 3.04. The maximum absolute atomic E-state index is 12.6. The SMILES string of the molecule is Cc1nc(/C=C/C(=O)N2CCN(c3ccc(C(F)(F)F)cn3)CC2)cs1. The van der Waals surface area contributed by atoms with Gasteiger partial charge in [0.15, 0.2) is 0 Å². The zero-order valence-corrected chi connectivity index (χ0v) is 14.8. The van der Waals surface area contributed by atoms with Crippen molar-refractivity contribution in [3.63, 3.8) is 0 Å². The number of thiazole rings is 1. The number of alkyl halides is 3. The zero-order valence-electron chi connectivity index (χ0n) is 14.0. The van der Waals surface area contributed by atoms with Crippen LogP contribution in [0.2, 0.25) is 0 Å². The molecule has 0 aliphatic carbocycles. The van der Waals surface area contributed by atoms with Crippen LogP contribution >= 0.6 is 11.3 Å². The Bertz CT molecular complexity index is 793. The molecule has 0 bridgehead atoms. The van der Waals surface area contributed by atoms with Gasteiger partial charge in [-0.1, -0.05) is 0 Å². The second-order valence-corrected chi connectivity index (χ2v) is 6.90. The Balaban J connectivity index is 1.55. The van der Waals surface area contributed by atoms with Gasteiger partial charge in [0.1, 0.15) is 5.82 Å². The Morgan fingerprint density at radius 1 is 1.23 bits per heavy atom. The van der Waals surface area contributed by atoms with Crippen molar-refractivity contribution >= 4 is 29.1 Å². The Morgan fingerprint density at radius 2 is 1.96 bits per heavy atom. The summed E-state index contributed by atoms with van der Waals surface area (Å²) in [5, 5.41) is 2.82. The monoisotopic (exact) mass is 382 g/mol. The number of carbonyl (C=O) groups excluding carboxylic acids is 1. The van der Waals surface area contributed by atoms with Gasteiger partial charge >= 0.3 is 6.18 Å². The van der Waals surface area contributed by atoms with E-state index in [9.17, 15) is 18.0 Å². The molecule has 1 amide bonds. The van der Waals surface area contributed by atoms with Crippen LogP contribution in [0, 0.1) is 6.92 Å². The van der Waals surface area contributed by atoms with Crippen molar-refractivity contribution in [1.29, 1.82) is 0 Å². The van der Waals surface area contributed by atoms with Gasteiger partial charge in [-0.3, -0.25) is 4.79 Å². The largest absolute Gasteiger partial charge is 0.417 e. The van der Waals surface area contributed by atoms with Crippen molar-refractivity contribution in [2.75, 3.05) is 31.1 Å². The molecule has 9 heteroatoms. The highest BCUT2D eigenvalue weighted by Gasteiger charge is 2.31. The standard InChI is InChI=1S/C17H17F3N4OS/c1-12-22-14(11-26-12)3-5-16(25)24-8-6-23(7-9-24)15-4-2-13(10-21-15)17(18,19)20/h2-5,10-11H,6-9H2,1H3/b5-3+. The molecule has 1 aliphatic heterocycles. The zero-order chi connectivity index (χ0) is 18.7. The molecular weight excluding hydrogens is 365 g/mol. The van der Waals surface area contributed by atoms with E-state index in [1.807, 2.05) is 17.2 Å². The van der Waals surface area contributed by atoms with E-state index in [1.54, 1.807) is 11.0 Å². The van der Waals surface area contributed by atoms with Gasteiger partial charge < -0.3 is 9.80 Å². The van der Waals surface area contributed by atoms with Gasteiger partial charge in [-0.05, 0) is 25.1 Å². The maximum atomic E-state index is 12.6. The van der Waals surface area contributed by atoms with E-state index in [1.165, 1.54) is 23.5 Å². The Labute approximate surface area is 152 Å². The first-order valence-corrected chi connectivity index (χ1v) is 8.88. The van der Waals surface area contributed by atoms with Crippen LogP contribution in [-0.2, 0) is 11.0 Å². The minimum Gasteiger partial charge on any atom is -0.353 e. The molecule has 138 valence electrons. The van der Waals surface area contributed by atoms with E-state index in [4.69, 9.17) is 0 Å². The number of hydrogen-bond acceptors (Lipinski definition) is 5. The highest BCUT2D eigenvalue weighted by molar-refractivity contribution is 7.09. The number of aryl methyl sites for hydroxylation is 1. The molecular formula is C17H17F3N4OS. The van der Waals surface area contributed by atoms with Crippen molar-refractivity contribution < 1.29 is 18.0 Å². The van der Waals surface area contributed by atoms with Crippen LogP contribution in [0.1, 0.15) is 16.3 Å². The van der Waals surface area contributed by atoms with Crippen LogP contribution < -0.4 is 4.90 Å². The summed E-state index contributed by atoms with van der Waals surface area (Å²) < 4.78 is 37.8. The van der Waals surface area contributed by atoms with Gasteiger partial charge in [0.05, 0.1) is 16.3 Å². The number of amides is 1. The van der Waals surface area contributed by atoms with E-state index in [-0.39, 0.29) is 5.91 Å². The minimum absolute atomic E-state index is 0.101. The molecule has 5 nitrogen and oxygen atoms in total. The molecule has 1 saturated heterocycles. The Morgan fingerprint density at radius 3 is 2.50 bits per heavy atom. The fraction of sp³-hybridized carbons (Fsp3) is 0.353. The molecule has 26 heavy (non-hydrogen) atoms. The number of nitrogens with zero attached hydrogens (tertiary/aromatic N) is 4. The summed E-state index contributed by atoms with van der Waals surface area (Å²) in [5.74, 6) is 0.384. The van der Waals surface area contributed by atoms with E-state index < -0.39 is 11.7 Å². The van der Waals surface area contributed by atoms with Crippen LogP contribution in [0.25, 0.3) is 6.08 Å². The van der Waals surface area contributed by atoms with E-state index in [0.29, 0.717) is 32.0 Å². The van der Waals surface area contributed by atoms with Gasteiger partial charge in [0.2, 0.25) is 5.91 Å². The van der Waals surface area contributed by atoms with Crippen LogP contribution in [0.3, 0.4) is 0 Å². The Kier molecular flexibility index (Phi) is 5.26. The number of piperazine rings is 1. The van der Waals surface area contributed by atoms with Crippen LogP contribution in [0.4, 0.5) is 19.0 Å². The summed E-state index contributed by atoms with van der Waals surface area (Å²) in [6.07, 6.45) is -0.361. The average molecular weight is 382 g/mol. The summed E-state index contributed by atoms with van der Waals surface area (Å²) >= 11 is 1.52. The number of aromatic nitrogens is 2. The molecule has 2 aromatic heterocycles. The molecule has 1 fully saturated rings. The van der Waals surface area contributed by atoms with E-state index >= 15 is 0 Å². The molecule has 0 aromatic carbocycles. The predicted molar refractivity (Wildman–Crippen MR) is 93.9 cm³/mol. The lowest BCUT2D eigenvalue weighted by atomic mass is 10.2. The fourth-order valence-corrected chi connectivity index (χ4v) is 3.20. The summed E-state index contributed by atoms with van der Waals surface area (Å²) in [7, 11) is 0. The third-order valence-corrected chi connectivity index (χ3v) is 4.82. The predicted octanol–water partition coefficient (Wildman–Crippen LogP) is 3.23. The molecule has 0 spiro atoms. The molecule has 0 N–H and O–H groups in total. The quantitative estimate of drug-likeness (QED) is 0.765. The van der Waals surface area contributed by atoms with Crippen LogP contribution in [0.15, 0.2) is 29.8 Å². The number of rotatable bonds is 3. The molecule has 2 aromatic rings. The van der Waals surface area contributed by atoms with Crippen LogP contribution in [0.5, 0.6) is 0 Å². The van der Waals surface area contributed by atoms with Gasteiger partial charge in [0.25, 0.3) is 0 Å². The van der Waals surface area contributed by atoms with Gasteiger partial charge in [-0.15, -0.1) is 11.3 Å². The van der Waals surface area contributed by atoms with Crippen molar-refractivity contribution in [2.45, 2.75) is 13.1 Å². The second-order valence-electron chi connectivity index (χ2n) is 5.84. The van der Waals surface area contributed by atoms with Gasteiger partial charge in [-0.2, -0.15) is 13.2 Å². The molecule has 0 radical (unpaired) electrons. The first-order chi connectivity index (χ1) is 12.3. The number of carbonyl (C=O) groups is 1. The highest BCUT2D eigenvalue weighted by Crippen LogP contribution is 2.29. The smallest absolute Gasteiger partial charge is 0.353 e. The number of pyridine rings is 1. The van der Waals surface area contributed by atoms with E-state index in [2.05, 4.69) is 9.97 Å². The topological polar surface area (TPSA) is 49.3 Å². The maximum Gasteiger partial charge on any atom is 0.417 e. The second kappa shape index (κ2) is 7.45. The molecule has 3 heterocycles. The summed E-state index contributed by atoms with van der Waals surface area (Å²) in [5.41, 5.74) is -0.00841. The third kappa shape index (κ3) is 4.40. The Hall–Kier alpha value is -2.42. The first kappa shape index (κ1) is 18.4. The lowest BCUT2D eigenvalue weighted by molar-refractivity contribution is -0.137. The van der Waals surface area contributed by atoms with Gasteiger partial charge in [-0.25, -0.2) is 9.97 Å². The van der Waals surface area contributed by atoms with E-state index in [0.717, 1.165) is 23.0 Å². The van der Waals surface area contributed by atoms with Crippen molar-refractivity contribution in [3.8, 4) is 0 Å². The number of halogens is 3. The third-order valence-electron chi connectivity index (χ3n) is 4.02. The molecule has 0 unspecified atom stereocenters. The first-order valence-electron chi connectivity index (χ1n) is 8.00. The summed E-state index contributed by atoms with van der Waals surface area (Å²) in [6, 6.07) is 2.39. The van der Waals surface area contributed by atoms with Crippen molar-refractivity contribution in [1.82, 2.24) is 14.9 Å². The molecule has 0 atom stereocenters. The lowest BCUT2D eigenvalue weighted by Gasteiger charge is -2.35. The highest BCUT2D eigenvalue weighted by atomic mass is 32.1. The fourth-order valence-electron chi connectivity index (χ4n) is 2.62. The number of hydrogen-bond donors (Lipinski definition) is 0. The molecule has 0 saturated carbocycles. The van der Waals surface area contributed by atoms with Crippen molar-refractivity contribution in [2.24, 2.45) is 0 Å². The minimum atomic E-state index is -4.39. The lowest BCUT2D eigenvalue weighted by Crippen LogP contribution is -2.48. The normalized spacial score (nSPS) is 15.7.